The van der Waals surface area contributed by atoms with Gasteiger partial charge in [0.05, 0.1) is 13.0 Å². The Bertz CT molecular complexity index is 701. The lowest BCUT2D eigenvalue weighted by Gasteiger charge is -2.16. The zero-order valence-electron chi connectivity index (χ0n) is 12.9. The molecular formula is C18H18N2O2S. The first-order valence-corrected chi connectivity index (χ1v) is 8.68. The number of imide groups is 1. The topological polar surface area (TPSA) is 49.4 Å². The minimum Gasteiger partial charge on any atom is -0.373 e. The van der Waals surface area contributed by atoms with Crippen LogP contribution in [0.3, 0.4) is 0 Å². The molecule has 0 aliphatic carbocycles. The Labute approximate surface area is 139 Å². The van der Waals surface area contributed by atoms with Crippen molar-refractivity contribution in [3.63, 3.8) is 0 Å². The van der Waals surface area contributed by atoms with Crippen molar-refractivity contribution in [1.82, 2.24) is 4.90 Å². The summed E-state index contributed by atoms with van der Waals surface area (Å²) >= 11 is 1.67. The van der Waals surface area contributed by atoms with Crippen molar-refractivity contribution < 1.29 is 9.59 Å². The normalized spacial score (nSPS) is 17.6. The second kappa shape index (κ2) is 6.87. The van der Waals surface area contributed by atoms with Crippen molar-refractivity contribution in [1.29, 1.82) is 0 Å². The number of nitrogens with one attached hydrogen (secondary N) is 1. The molecule has 23 heavy (non-hydrogen) atoms. The minimum atomic E-state index is -0.480. The van der Waals surface area contributed by atoms with Gasteiger partial charge in [0.25, 0.3) is 5.91 Å². The lowest BCUT2D eigenvalue weighted by atomic mass is 10.2. The summed E-state index contributed by atoms with van der Waals surface area (Å²) in [5.74, 6) is -0.287. The van der Waals surface area contributed by atoms with E-state index >= 15 is 0 Å². The number of thioether (sulfide) groups is 1. The van der Waals surface area contributed by atoms with Crippen LogP contribution >= 0.6 is 11.8 Å². The quantitative estimate of drug-likeness (QED) is 0.677. The highest BCUT2D eigenvalue weighted by Gasteiger charge is 2.38. The molecule has 3 rings (SSSR count). The molecule has 0 radical (unpaired) electrons. The molecular weight excluding hydrogens is 308 g/mol. The molecule has 0 unspecified atom stereocenters. The number of amides is 2. The van der Waals surface area contributed by atoms with E-state index in [0.29, 0.717) is 6.54 Å². The predicted molar refractivity (Wildman–Crippen MR) is 92.2 cm³/mol. The van der Waals surface area contributed by atoms with Crippen LogP contribution in [0.4, 0.5) is 5.69 Å². The lowest BCUT2D eigenvalue weighted by Crippen LogP contribution is -2.34. The number of carbonyl (C=O) groups excluding carboxylic acids is 2. The number of anilines is 1. The van der Waals surface area contributed by atoms with Crippen LogP contribution in [0.5, 0.6) is 0 Å². The highest BCUT2D eigenvalue weighted by molar-refractivity contribution is 7.98. The van der Waals surface area contributed by atoms with E-state index in [1.165, 1.54) is 4.90 Å². The Hall–Kier alpha value is -2.27. The van der Waals surface area contributed by atoms with E-state index in [1.807, 2.05) is 60.9 Å². The molecule has 0 saturated carbocycles. The Morgan fingerprint density at radius 1 is 1.09 bits per heavy atom. The van der Waals surface area contributed by atoms with Gasteiger partial charge >= 0.3 is 0 Å². The number of rotatable bonds is 5. The van der Waals surface area contributed by atoms with Crippen LogP contribution in [0.25, 0.3) is 0 Å². The second-order valence-electron chi connectivity index (χ2n) is 5.43. The number of nitrogens with zero attached hydrogens (tertiary/aromatic N) is 1. The third-order valence-corrected chi connectivity index (χ3v) is 4.60. The van der Waals surface area contributed by atoms with E-state index in [-0.39, 0.29) is 18.2 Å². The molecule has 2 aromatic carbocycles. The van der Waals surface area contributed by atoms with Gasteiger partial charge in [-0.25, -0.2) is 0 Å². The predicted octanol–water partition coefficient (Wildman–Crippen LogP) is 3.15. The SMILES string of the molecule is CSc1ccc(N[C@@H]2CC(=O)N(Cc3ccccc3)C2=O)cc1. The molecule has 118 valence electrons. The number of benzene rings is 2. The standard InChI is InChI=1S/C18H18N2O2S/c1-23-15-9-7-14(8-10-15)19-16-11-17(21)20(18(16)22)12-13-5-3-2-4-6-13/h2-10,16,19H,11-12H2,1H3/t16-/m1/s1. The van der Waals surface area contributed by atoms with E-state index in [9.17, 15) is 9.59 Å². The summed E-state index contributed by atoms with van der Waals surface area (Å²) in [5, 5.41) is 3.17. The summed E-state index contributed by atoms with van der Waals surface area (Å²) in [6, 6.07) is 16.9. The number of likely N-dealkylation sites (tertiary alicyclic amines) is 1. The molecule has 0 spiro atoms. The number of carbonyl (C=O) groups is 2. The maximum atomic E-state index is 12.5. The van der Waals surface area contributed by atoms with Crippen LogP contribution in [0.2, 0.25) is 0 Å². The van der Waals surface area contributed by atoms with E-state index < -0.39 is 6.04 Å². The van der Waals surface area contributed by atoms with Gasteiger partial charge in [-0.2, -0.15) is 0 Å². The molecule has 1 N–H and O–H groups in total. The highest BCUT2D eigenvalue weighted by atomic mass is 32.2. The Morgan fingerprint density at radius 2 is 1.78 bits per heavy atom. The van der Waals surface area contributed by atoms with Crippen molar-refractivity contribution in [3.05, 3.63) is 60.2 Å². The fraction of sp³-hybridized carbons (Fsp3) is 0.222. The van der Waals surface area contributed by atoms with Gasteiger partial charge in [-0.1, -0.05) is 30.3 Å². The molecule has 1 aliphatic rings. The number of hydrogen-bond donors (Lipinski definition) is 1. The molecule has 0 bridgehead atoms. The van der Waals surface area contributed by atoms with Crippen molar-refractivity contribution in [2.24, 2.45) is 0 Å². The molecule has 2 amide bonds. The molecule has 4 nitrogen and oxygen atoms in total. The molecule has 1 heterocycles. The molecule has 1 atom stereocenters. The van der Waals surface area contributed by atoms with Gasteiger partial charge in [-0.3, -0.25) is 14.5 Å². The third kappa shape index (κ3) is 3.56. The minimum absolute atomic E-state index is 0.128. The largest absolute Gasteiger partial charge is 0.373 e. The van der Waals surface area contributed by atoms with Crippen molar-refractivity contribution >= 4 is 29.3 Å². The molecule has 5 heteroatoms. The molecule has 1 aliphatic heterocycles. The average molecular weight is 326 g/mol. The smallest absolute Gasteiger partial charge is 0.252 e. The maximum Gasteiger partial charge on any atom is 0.252 e. The summed E-state index contributed by atoms with van der Waals surface area (Å²) in [5.41, 5.74) is 1.81. The van der Waals surface area contributed by atoms with Gasteiger partial charge < -0.3 is 5.32 Å². The molecule has 2 aromatic rings. The zero-order chi connectivity index (χ0) is 16.2. The average Bonchev–Trinajstić information content (AvgIpc) is 2.84. The summed E-state index contributed by atoms with van der Waals surface area (Å²) in [4.78, 5) is 27.1. The zero-order valence-corrected chi connectivity index (χ0v) is 13.7. The van der Waals surface area contributed by atoms with Gasteiger partial charge in [0.1, 0.15) is 6.04 Å². The van der Waals surface area contributed by atoms with E-state index in [4.69, 9.17) is 0 Å². The lowest BCUT2D eigenvalue weighted by molar-refractivity contribution is -0.139. The Kier molecular flexibility index (Phi) is 4.67. The van der Waals surface area contributed by atoms with Gasteiger partial charge in [0.2, 0.25) is 5.91 Å². The van der Waals surface area contributed by atoms with Crippen LogP contribution in [-0.4, -0.2) is 29.0 Å². The highest BCUT2D eigenvalue weighted by Crippen LogP contribution is 2.22. The van der Waals surface area contributed by atoms with Crippen LogP contribution in [-0.2, 0) is 16.1 Å². The summed E-state index contributed by atoms with van der Waals surface area (Å²) < 4.78 is 0. The number of hydrogen-bond acceptors (Lipinski definition) is 4. The van der Waals surface area contributed by atoms with E-state index in [1.54, 1.807) is 11.8 Å². The molecule has 0 aromatic heterocycles. The third-order valence-electron chi connectivity index (χ3n) is 3.86. The van der Waals surface area contributed by atoms with E-state index in [0.717, 1.165) is 16.1 Å². The monoisotopic (exact) mass is 326 g/mol. The molecule has 1 fully saturated rings. The first-order chi connectivity index (χ1) is 11.2. The fourth-order valence-electron chi connectivity index (χ4n) is 2.62. The molecule has 1 saturated heterocycles. The van der Waals surface area contributed by atoms with Gasteiger partial charge in [-0.05, 0) is 36.1 Å². The fourth-order valence-corrected chi connectivity index (χ4v) is 3.02. The van der Waals surface area contributed by atoms with E-state index in [2.05, 4.69) is 5.32 Å². The van der Waals surface area contributed by atoms with Crippen molar-refractivity contribution in [2.75, 3.05) is 11.6 Å². The Morgan fingerprint density at radius 3 is 2.43 bits per heavy atom. The van der Waals surface area contributed by atoms with Gasteiger partial charge in [-0.15, -0.1) is 11.8 Å². The summed E-state index contributed by atoms with van der Waals surface area (Å²) in [7, 11) is 0. The van der Waals surface area contributed by atoms with Crippen molar-refractivity contribution in [3.8, 4) is 0 Å². The Balaban J connectivity index is 1.68. The first kappa shape index (κ1) is 15.6. The summed E-state index contributed by atoms with van der Waals surface area (Å²) in [6.45, 7) is 0.335. The van der Waals surface area contributed by atoms with Crippen LogP contribution in [0.1, 0.15) is 12.0 Å². The maximum absolute atomic E-state index is 12.5. The van der Waals surface area contributed by atoms with Crippen LogP contribution < -0.4 is 5.32 Å². The van der Waals surface area contributed by atoms with Gasteiger partial charge in [0.15, 0.2) is 0 Å². The van der Waals surface area contributed by atoms with Gasteiger partial charge in [0, 0.05) is 10.6 Å². The van der Waals surface area contributed by atoms with Crippen molar-refractivity contribution in [2.45, 2.75) is 23.9 Å². The van der Waals surface area contributed by atoms with Crippen LogP contribution in [0, 0.1) is 0 Å². The second-order valence-corrected chi connectivity index (χ2v) is 6.31. The van der Waals surface area contributed by atoms with Crippen LogP contribution in [0.15, 0.2) is 59.5 Å². The first-order valence-electron chi connectivity index (χ1n) is 7.46. The summed E-state index contributed by atoms with van der Waals surface area (Å²) in [6.07, 6.45) is 2.22.